The molecule has 0 unspecified atom stereocenters. The Morgan fingerprint density at radius 1 is 1.06 bits per heavy atom. The van der Waals surface area contributed by atoms with Crippen LogP contribution in [0.5, 0.6) is 5.75 Å². The lowest BCUT2D eigenvalue weighted by Gasteiger charge is -2.32. The van der Waals surface area contributed by atoms with Gasteiger partial charge in [-0.25, -0.2) is 4.39 Å². The first kappa shape index (κ1) is 25.7. The van der Waals surface area contributed by atoms with E-state index in [0.717, 1.165) is 36.8 Å². The van der Waals surface area contributed by atoms with Gasteiger partial charge in [0, 0.05) is 12.6 Å². The van der Waals surface area contributed by atoms with Crippen LogP contribution in [0, 0.1) is 5.82 Å². The number of nitrogens with zero attached hydrogens (tertiary/aromatic N) is 1. The lowest BCUT2D eigenvalue weighted by molar-refractivity contribution is -0.143. The van der Waals surface area contributed by atoms with Crippen molar-refractivity contribution in [3.63, 3.8) is 0 Å². The predicted octanol–water partition coefficient (Wildman–Crippen LogP) is 5.58. The van der Waals surface area contributed by atoms with Crippen molar-refractivity contribution < 1.29 is 18.7 Å². The Hall–Kier alpha value is -2.89. The molecule has 1 aliphatic carbocycles. The van der Waals surface area contributed by atoms with E-state index < -0.39 is 6.04 Å². The minimum absolute atomic E-state index is 0.132. The number of hydrogen-bond donors (Lipinski definition) is 1. The zero-order valence-electron chi connectivity index (χ0n) is 20.6. The maximum atomic E-state index is 13.4. The molecule has 0 bridgehead atoms. The molecule has 1 fully saturated rings. The molecule has 2 aromatic rings. The Morgan fingerprint density at radius 2 is 1.74 bits per heavy atom. The fraction of sp³-hybridized carbons (Fsp3) is 0.500. The Balaban J connectivity index is 1.77. The van der Waals surface area contributed by atoms with Crippen LogP contribution in [0.3, 0.4) is 0 Å². The molecule has 1 N–H and O–H groups in total. The molecule has 5 nitrogen and oxygen atoms in total. The maximum absolute atomic E-state index is 13.4. The number of ether oxygens (including phenoxy) is 1. The van der Waals surface area contributed by atoms with Crippen molar-refractivity contribution >= 4 is 11.8 Å². The molecule has 3 rings (SSSR count). The van der Waals surface area contributed by atoms with Crippen molar-refractivity contribution in [3.05, 3.63) is 65.5 Å². The number of carbonyl (C=O) groups excluding carboxylic acids is 2. The van der Waals surface area contributed by atoms with Crippen molar-refractivity contribution in [2.45, 2.75) is 83.8 Å². The van der Waals surface area contributed by atoms with E-state index in [2.05, 4.69) is 19.2 Å². The summed E-state index contributed by atoms with van der Waals surface area (Å²) < 4.78 is 19.4. The number of hydrogen-bond acceptors (Lipinski definition) is 3. The number of halogens is 1. The van der Waals surface area contributed by atoms with Crippen LogP contribution < -0.4 is 10.1 Å². The molecule has 0 aromatic heterocycles. The van der Waals surface area contributed by atoms with Crippen LogP contribution >= 0.6 is 0 Å². The van der Waals surface area contributed by atoms with Gasteiger partial charge >= 0.3 is 0 Å². The van der Waals surface area contributed by atoms with Gasteiger partial charge in [-0.15, -0.1) is 0 Å². The van der Waals surface area contributed by atoms with Crippen LogP contribution in [0.4, 0.5) is 4.39 Å². The molecule has 1 atom stereocenters. The van der Waals surface area contributed by atoms with E-state index in [1.807, 2.05) is 31.2 Å². The average Bonchev–Trinajstić information content (AvgIpc) is 2.84. The predicted molar refractivity (Wildman–Crippen MR) is 132 cm³/mol. The molecule has 2 aromatic carbocycles. The third kappa shape index (κ3) is 7.05. The van der Waals surface area contributed by atoms with Crippen LogP contribution in [0.25, 0.3) is 0 Å². The summed E-state index contributed by atoms with van der Waals surface area (Å²) in [5.74, 6) is 0.192. The molecule has 1 aliphatic rings. The molecule has 2 amide bonds. The van der Waals surface area contributed by atoms with Gasteiger partial charge in [0.25, 0.3) is 5.91 Å². The number of carbonyl (C=O) groups is 2. The fourth-order valence-electron chi connectivity index (χ4n) is 4.56. The summed E-state index contributed by atoms with van der Waals surface area (Å²) in [7, 11) is 0. The van der Waals surface area contributed by atoms with Crippen molar-refractivity contribution in [2.75, 3.05) is 6.61 Å². The number of benzene rings is 2. The summed E-state index contributed by atoms with van der Waals surface area (Å²) in [5, 5.41) is 3.16. The maximum Gasteiger partial charge on any atom is 0.261 e. The normalized spacial score (nSPS) is 15.1. The van der Waals surface area contributed by atoms with Gasteiger partial charge in [-0.05, 0) is 54.5 Å². The largest absolute Gasteiger partial charge is 0.483 e. The van der Waals surface area contributed by atoms with E-state index in [4.69, 9.17) is 4.74 Å². The van der Waals surface area contributed by atoms with Gasteiger partial charge in [-0.1, -0.05) is 70.4 Å². The number of rotatable bonds is 10. The summed E-state index contributed by atoms with van der Waals surface area (Å²) in [6.45, 7) is 6.11. The first-order valence-electron chi connectivity index (χ1n) is 12.4. The summed E-state index contributed by atoms with van der Waals surface area (Å²) in [5.41, 5.74) is 1.80. The Labute approximate surface area is 202 Å². The monoisotopic (exact) mass is 468 g/mol. The SMILES string of the molecule is CC[C@@H](C(=O)NC1CCCCC1)N(Cc1ccc(F)cc1)C(=O)COc1ccccc1C(C)C. The summed E-state index contributed by atoms with van der Waals surface area (Å²) in [6.07, 6.45) is 5.86. The molecule has 0 saturated heterocycles. The molecule has 184 valence electrons. The van der Waals surface area contributed by atoms with Gasteiger partial charge in [0.05, 0.1) is 0 Å². The fourth-order valence-corrected chi connectivity index (χ4v) is 4.56. The van der Waals surface area contributed by atoms with Crippen LogP contribution in [0.15, 0.2) is 48.5 Å². The second-order valence-corrected chi connectivity index (χ2v) is 9.40. The molecule has 0 radical (unpaired) electrons. The van der Waals surface area contributed by atoms with Gasteiger partial charge in [-0.2, -0.15) is 0 Å². The van der Waals surface area contributed by atoms with E-state index in [-0.39, 0.29) is 42.7 Å². The van der Waals surface area contributed by atoms with Gasteiger partial charge < -0.3 is 15.0 Å². The third-order valence-electron chi connectivity index (χ3n) is 6.50. The number of nitrogens with one attached hydrogen (secondary N) is 1. The molecule has 6 heteroatoms. The second-order valence-electron chi connectivity index (χ2n) is 9.40. The first-order chi connectivity index (χ1) is 16.4. The van der Waals surface area contributed by atoms with Crippen LogP contribution in [0.1, 0.15) is 76.3 Å². The van der Waals surface area contributed by atoms with Crippen molar-refractivity contribution in [2.24, 2.45) is 0 Å². The lowest BCUT2D eigenvalue weighted by Crippen LogP contribution is -2.52. The molecule has 0 spiro atoms. The van der Waals surface area contributed by atoms with Gasteiger partial charge in [0.15, 0.2) is 6.61 Å². The van der Waals surface area contributed by atoms with E-state index in [9.17, 15) is 14.0 Å². The summed E-state index contributed by atoms with van der Waals surface area (Å²) >= 11 is 0. The number of amides is 2. The minimum atomic E-state index is -0.622. The molecule has 0 aliphatic heterocycles. The van der Waals surface area contributed by atoms with Gasteiger partial charge in [0.1, 0.15) is 17.6 Å². The lowest BCUT2D eigenvalue weighted by atomic mass is 9.95. The summed E-state index contributed by atoms with van der Waals surface area (Å²) in [6, 6.07) is 13.3. The van der Waals surface area contributed by atoms with Crippen LogP contribution in [-0.2, 0) is 16.1 Å². The molecule has 34 heavy (non-hydrogen) atoms. The standard InChI is InChI=1S/C28H37FN2O3/c1-4-25(28(33)30-23-10-6-5-7-11-23)31(18-21-14-16-22(29)17-15-21)27(32)19-34-26-13-9-8-12-24(26)20(2)3/h8-9,12-17,20,23,25H,4-7,10-11,18-19H2,1-3H3,(H,30,33)/t25-/m0/s1. The topological polar surface area (TPSA) is 58.6 Å². The number of para-hydroxylation sites is 1. The van der Waals surface area contributed by atoms with E-state index in [1.54, 1.807) is 17.0 Å². The van der Waals surface area contributed by atoms with E-state index in [1.165, 1.54) is 18.6 Å². The first-order valence-corrected chi connectivity index (χ1v) is 12.4. The minimum Gasteiger partial charge on any atom is -0.483 e. The Morgan fingerprint density at radius 3 is 2.38 bits per heavy atom. The van der Waals surface area contributed by atoms with Crippen molar-refractivity contribution in [1.29, 1.82) is 0 Å². The quantitative estimate of drug-likeness (QED) is 0.495. The van der Waals surface area contributed by atoms with Crippen molar-refractivity contribution in [1.82, 2.24) is 10.2 Å². The third-order valence-corrected chi connectivity index (χ3v) is 6.50. The zero-order valence-corrected chi connectivity index (χ0v) is 20.6. The Kier molecular flexibility index (Phi) is 9.49. The van der Waals surface area contributed by atoms with Crippen molar-refractivity contribution in [3.8, 4) is 5.75 Å². The smallest absolute Gasteiger partial charge is 0.261 e. The average molecular weight is 469 g/mol. The molecule has 0 heterocycles. The van der Waals surface area contributed by atoms with E-state index in [0.29, 0.717) is 12.2 Å². The highest BCUT2D eigenvalue weighted by Gasteiger charge is 2.30. The highest BCUT2D eigenvalue weighted by atomic mass is 19.1. The Bertz CT molecular complexity index is 939. The molecular weight excluding hydrogens is 431 g/mol. The highest BCUT2D eigenvalue weighted by Crippen LogP contribution is 2.26. The van der Waals surface area contributed by atoms with E-state index >= 15 is 0 Å². The molecular formula is C28H37FN2O3. The van der Waals surface area contributed by atoms with Crippen LogP contribution in [-0.4, -0.2) is 35.4 Å². The van der Waals surface area contributed by atoms with Gasteiger partial charge in [-0.3, -0.25) is 9.59 Å². The zero-order chi connectivity index (χ0) is 24.5. The summed E-state index contributed by atoms with van der Waals surface area (Å²) in [4.78, 5) is 28.2. The van der Waals surface area contributed by atoms with Crippen LogP contribution in [0.2, 0.25) is 0 Å². The highest BCUT2D eigenvalue weighted by molar-refractivity contribution is 5.88. The molecule has 1 saturated carbocycles. The van der Waals surface area contributed by atoms with Gasteiger partial charge in [0.2, 0.25) is 5.91 Å². The second kappa shape index (κ2) is 12.5.